The van der Waals surface area contributed by atoms with Gasteiger partial charge in [0.15, 0.2) is 11.5 Å². The number of benzene rings is 2. The van der Waals surface area contributed by atoms with Crippen LogP contribution in [-0.4, -0.2) is 30.3 Å². The second-order valence-electron chi connectivity index (χ2n) is 5.62. The molecule has 0 spiro atoms. The summed E-state index contributed by atoms with van der Waals surface area (Å²) in [6.45, 7) is 0.179. The smallest absolute Gasteiger partial charge is 0.293 e. The predicted octanol–water partition coefficient (Wildman–Crippen LogP) is 5.25. The van der Waals surface area contributed by atoms with Crippen molar-refractivity contribution in [3.8, 4) is 11.5 Å². The normalized spacial score (nSPS) is 15.6. The Hall–Kier alpha value is -2.15. The van der Waals surface area contributed by atoms with E-state index in [0.717, 1.165) is 17.3 Å². The van der Waals surface area contributed by atoms with Gasteiger partial charge in [0, 0.05) is 11.1 Å². The molecule has 1 fully saturated rings. The number of carbonyl (C=O) groups excluding carboxylic acids is 2. The van der Waals surface area contributed by atoms with Crippen LogP contribution in [0.15, 0.2) is 41.3 Å². The molecule has 0 aliphatic carbocycles. The second-order valence-corrected chi connectivity index (χ2v) is 7.46. The van der Waals surface area contributed by atoms with Gasteiger partial charge in [-0.25, -0.2) is 0 Å². The second kappa shape index (κ2) is 8.25. The van der Waals surface area contributed by atoms with Crippen molar-refractivity contribution >= 4 is 52.2 Å². The van der Waals surface area contributed by atoms with Crippen LogP contribution in [0.3, 0.4) is 0 Å². The lowest BCUT2D eigenvalue weighted by Crippen LogP contribution is -2.27. The van der Waals surface area contributed by atoms with Gasteiger partial charge < -0.3 is 9.47 Å². The highest BCUT2D eigenvalue weighted by atomic mass is 35.5. The minimum atomic E-state index is -0.370. The Balaban J connectivity index is 1.87. The Kier molecular flexibility index (Phi) is 5.99. The van der Waals surface area contributed by atoms with Crippen molar-refractivity contribution in [1.82, 2.24) is 4.90 Å². The number of amides is 2. The van der Waals surface area contributed by atoms with Crippen LogP contribution in [0.2, 0.25) is 10.0 Å². The van der Waals surface area contributed by atoms with E-state index in [1.165, 1.54) is 19.1 Å². The van der Waals surface area contributed by atoms with Gasteiger partial charge in [-0.05, 0) is 47.2 Å². The molecule has 5 nitrogen and oxygen atoms in total. The molecule has 0 unspecified atom stereocenters. The number of thioether (sulfide) groups is 1. The van der Waals surface area contributed by atoms with Gasteiger partial charge in [-0.3, -0.25) is 14.5 Å². The average molecular weight is 424 g/mol. The van der Waals surface area contributed by atoms with Gasteiger partial charge in [-0.15, -0.1) is 0 Å². The minimum absolute atomic E-state index is 0.179. The maximum atomic E-state index is 12.7. The molecule has 0 aromatic heterocycles. The molecule has 2 aromatic carbocycles. The standard InChI is InChI=1S/C19H15Cl2NO4S/c1-25-15-7-12(14(21)9-16(15)26-2)8-17-18(23)22(19(24)27-17)10-11-3-5-13(20)6-4-11/h3-9H,10H2,1-2H3/b17-8+. The fourth-order valence-electron chi connectivity index (χ4n) is 2.53. The first-order valence-electron chi connectivity index (χ1n) is 7.84. The van der Waals surface area contributed by atoms with Crippen molar-refractivity contribution in [1.29, 1.82) is 0 Å². The van der Waals surface area contributed by atoms with Crippen molar-refractivity contribution in [2.75, 3.05) is 14.2 Å². The molecule has 0 bridgehead atoms. The molecule has 0 atom stereocenters. The maximum Gasteiger partial charge on any atom is 0.293 e. The van der Waals surface area contributed by atoms with E-state index in [-0.39, 0.29) is 17.7 Å². The van der Waals surface area contributed by atoms with Crippen molar-refractivity contribution in [2.45, 2.75) is 6.54 Å². The van der Waals surface area contributed by atoms with E-state index in [0.29, 0.717) is 32.0 Å². The molecule has 140 valence electrons. The number of methoxy groups -OCH3 is 2. The van der Waals surface area contributed by atoms with Gasteiger partial charge in [-0.1, -0.05) is 35.3 Å². The van der Waals surface area contributed by atoms with E-state index in [1.54, 1.807) is 42.5 Å². The maximum absolute atomic E-state index is 12.7. The highest BCUT2D eigenvalue weighted by Crippen LogP contribution is 2.38. The summed E-state index contributed by atoms with van der Waals surface area (Å²) in [6.07, 6.45) is 1.58. The average Bonchev–Trinajstić information content (AvgIpc) is 2.92. The Bertz CT molecular complexity index is 928. The van der Waals surface area contributed by atoms with Crippen molar-refractivity contribution < 1.29 is 19.1 Å². The topological polar surface area (TPSA) is 55.8 Å². The molecule has 8 heteroatoms. The first-order valence-corrected chi connectivity index (χ1v) is 9.41. The zero-order chi connectivity index (χ0) is 19.6. The number of carbonyl (C=O) groups is 2. The first kappa shape index (κ1) is 19.6. The van der Waals surface area contributed by atoms with Gasteiger partial charge >= 0.3 is 0 Å². The Morgan fingerprint density at radius 3 is 2.30 bits per heavy atom. The highest BCUT2D eigenvalue weighted by Gasteiger charge is 2.35. The largest absolute Gasteiger partial charge is 0.493 e. The van der Waals surface area contributed by atoms with E-state index in [1.807, 2.05) is 0 Å². The van der Waals surface area contributed by atoms with Crippen LogP contribution in [0.4, 0.5) is 4.79 Å². The van der Waals surface area contributed by atoms with Gasteiger partial charge in [0.25, 0.3) is 11.1 Å². The number of nitrogens with zero attached hydrogens (tertiary/aromatic N) is 1. The molecular formula is C19H15Cl2NO4S. The van der Waals surface area contributed by atoms with Crippen LogP contribution < -0.4 is 9.47 Å². The van der Waals surface area contributed by atoms with Crippen molar-refractivity contribution in [2.24, 2.45) is 0 Å². The van der Waals surface area contributed by atoms with Crippen LogP contribution in [0, 0.1) is 0 Å². The lowest BCUT2D eigenvalue weighted by Gasteiger charge is -2.12. The summed E-state index contributed by atoms with van der Waals surface area (Å²) in [4.78, 5) is 26.4. The van der Waals surface area contributed by atoms with Crippen LogP contribution >= 0.6 is 35.0 Å². The third-order valence-electron chi connectivity index (χ3n) is 3.92. The zero-order valence-corrected chi connectivity index (χ0v) is 16.8. The number of hydrogen-bond donors (Lipinski definition) is 0. The van der Waals surface area contributed by atoms with Crippen molar-refractivity contribution in [3.05, 3.63) is 62.5 Å². The summed E-state index contributed by atoms with van der Waals surface area (Å²) >= 11 is 13.0. The summed E-state index contributed by atoms with van der Waals surface area (Å²) in [6, 6.07) is 10.3. The fourth-order valence-corrected chi connectivity index (χ4v) is 3.69. The number of halogens is 2. The molecule has 2 aromatic rings. The lowest BCUT2D eigenvalue weighted by molar-refractivity contribution is -0.123. The molecule has 1 heterocycles. The molecule has 1 aliphatic rings. The highest BCUT2D eigenvalue weighted by molar-refractivity contribution is 8.18. The molecule has 3 rings (SSSR count). The van der Waals surface area contributed by atoms with E-state index >= 15 is 0 Å². The quantitative estimate of drug-likeness (QED) is 0.614. The van der Waals surface area contributed by atoms with Crippen LogP contribution in [0.1, 0.15) is 11.1 Å². The molecule has 0 N–H and O–H groups in total. The van der Waals surface area contributed by atoms with E-state index in [4.69, 9.17) is 32.7 Å². The van der Waals surface area contributed by atoms with Gasteiger partial charge in [0.05, 0.1) is 30.7 Å². The predicted molar refractivity (Wildman–Crippen MR) is 108 cm³/mol. The summed E-state index contributed by atoms with van der Waals surface area (Å²) in [7, 11) is 3.02. The summed E-state index contributed by atoms with van der Waals surface area (Å²) < 4.78 is 10.5. The summed E-state index contributed by atoms with van der Waals surface area (Å²) in [5.41, 5.74) is 1.37. The third kappa shape index (κ3) is 4.24. The van der Waals surface area contributed by atoms with E-state index in [2.05, 4.69) is 0 Å². The SMILES string of the molecule is COc1cc(Cl)c(/C=C2/SC(=O)N(Cc3ccc(Cl)cc3)C2=O)cc1OC. The Labute approximate surface area is 170 Å². The summed E-state index contributed by atoms with van der Waals surface area (Å²) in [5.74, 6) is 0.592. The number of rotatable bonds is 5. The Morgan fingerprint density at radius 1 is 1.04 bits per heavy atom. The molecule has 27 heavy (non-hydrogen) atoms. The van der Waals surface area contributed by atoms with Gasteiger partial charge in [0.1, 0.15) is 0 Å². The van der Waals surface area contributed by atoms with Gasteiger partial charge in [-0.2, -0.15) is 0 Å². The van der Waals surface area contributed by atoms with Gasteiger partial charge in [0.2, 0.25) is 0 Å². The van der Waals surface area contributed by atoms with Crippen LogP contribution in [0.5, 0.6) is 11.5 Å². The monoisotopic (exact) mass is 423 g/mol. The fraction of sp³-hybridized carbons (Fsp3) is 0.158. The first-order chi connectivity index (χ1) is 12.9. The number of hydrogen-bond acceptors (Lipinski definition) is 5. The molecule has 2 amide bonds. The number of imide groups is 1. The van der Waals surface area contributed by atoms with Crippen molar-refractivity contribution in [3.63, 3.8) is 0 Å². The zero-order valence-electron chi connectivity index (χ0n) is 14.5. The van der Waals surface area contributed by atoms with E-state index < -0.39 is 0 Å². The van der Waals surface area contributed by atoms with Crippen LogP contribution in [0.25, 0.3) is 6.08 Å². The van der Waals surface area contributed by atoms with Crippen LogP contribution in [-0.2, 0) is 11.3 Å². The third-order valence-corrected chi connectivity index (χ3v) is 5.40. The molecule has 0 saturated carbocycles. The number of ether oxygens (including phenoxy) is 2. The minimum Gasteiger partial charge on any atom is -0.493 e. The summed E-state index contributed by atoms with van der Waals surface area (Å²) in [5, 5.41) is 0.644. The molecule has 0 radical (unpaired) electrons. The Morgan fingerprint density at radius 2 is 1.67 bits per heavy atom. The van der Waals surface area contributed by atoms with E-state index in [9.17, 15) is 9.59 Å². The molecular weight excluding hydrogens is 409 g/mol. The molecule has 1 saturated heterocycles. The molecule has 1 aliphatic heterocycles. The lowest BCUT2D eigenvalue weighted by atomic mass is 10.1.